The van der Waals surface area contributed by atoms with E-state index in [4.69, 9.17) is 28.4 Å². The van der Waals surface area contributed by atoms with Crippen molar-refractivity contribution in [1.29, 1.82) is 0 Å². The fourth-order valence-electron chi connectivity index (χ4n) is 1.77. The van der Waals surface area contributed by atoms with E-state index in [0.717, 1.165) is 0 Å². The van der Waals surface area contributed by atoms with Gasteiger partial charge in [-0.1, -0.05) is 12.2 Å². The van der Waals surface area contributed by atoms with E-state index in [1.807, 2.05) is 0 Å². The van der Waals surface area contributed by atoms with Gasteiger partial charge in [-0.2, -0.15) is 0 Å². The highest BCUT2D eigenvalue weighted by atomic mass is 16.6. The Balaban J connectivity index is 3.60. The van der Waals surface area contributed by atoms with E-state index < -0.39 is 23.9 Å². The number of carbonyl (C=O) groups is 4. The summed E-state index contributed by atoms with van der Waals surface area (Å²) in [5, 5.41) is 0. The van der Waals surface area contributed by atoms with Gasteiger partial charge in [0.15, 0.2) is 0 Å². The van der Waals surface area contributed by atoms with Crippen LogP contribution in [0.1, 0.15) is 25.7 Å². The number of carbonyl (C=O) groups excluding carboxylic acids is 4. The Morgan fingerprint density at radius 2 is 0.767 bits per heavy atom. The second-order valence-corrected chi connectivity index (χ2v) is 5.61. The summed E-state index contributed by atoms with van der Waals surface area (Å²) in [7, 11) is 0. The topological polar surface area (TPSA) is 124 Å². The molecule has 0 bridgehead atoms. The lowest BCUT2D eigenvalue weighted by Gasteiger charge is -2.07. The fourth-order valence-corrected chi connectivity index (χ4v) is 1.77. The maximum absolute atomic E-state index is 11.5. The molecule has 0 aliphatic heterocycles. The van der Waals surface area contributed by atoms with Crippen molar-refractivity contribution in [3.8, 4) is 0 Å². The van der Waals surface area contributed by atoms with Crippen molar-refractivity contribution < 1.29 is 47.6 Å². The third-order valence-electron chi connectivity index (χ3n) is 3.13. The summed E-state index contributed by atoms with van der Waals surface area (Å²) in [4.78, 5) is 45.8. The van der Waals surface area contributed by atoms with E-state index in [-0.39, 0.29) is 65.3 Å². The van der Waals surface area contributed by atoms with E-state index in [1.54, 1.807) is 12.2 Å². The first-order valence-corrected chi connectivity index (χ1v) is 9.49. The van der Waals surface area contributed by atoms with E-state index in [9.17, 15) is 19.2 Å². The highest BCUT2D eigenvalue weighted by molar-refractivity contribution is 5.78. The maximum atomic E-state index is 11.5. The molecule has 170 valence electrons. The Bertz CT molecular complexity index is 496. The second kappa shape index (κ2) is 19.6. The molecule has 10 heteroatoms. The molecule has 0 N–H and O–H groups in total. The standard InChI is InChI=1S/C20H30O10/c1-3-9-25-11-13-27-17(21)5-7-19(23)29-15-16-30-20(24)8-6-18(22)28-14-12-26-10-4-2/h3-4H,1-2,5-16H2. The lowest BCUT2D eigenvalue weighted by atomic mass is 10.3. The summed E-state index contributed by atoms with van der Waals surface area (Å²) in [6.07, 6.45) is 2.60. The van der Waals surface area contributed by atoms with Gasteiger partial charge >= 0.3 is 23.9 Å². The van der Waals surface area contributed by atoms with Crippen molar-refractivity contribution in [3.63, 3.8) is 0 Å². The molecule has 0 aromatic rings. The molecule has 0 amide bonds. The molecule has 0 radical (unpaired) electrons. The van der Waals surface area contributed by atoms with Crippen LogP contribution in [0.4, 0.5) is 0 Å². The number of hydrogen-bond donors (Lipinski definition) is 0. The van der Waals surface area contributed by atoms with Crippen molar-refractivity contribution >= 4 is 23.9 Å². The number of esters is 4. The SMILES string of the molecule is C=CCOCCOC(=O)CCC(=O)OCCOC(=O)CCC(=O)OCCOCC=C. The van der Waals surface area contributed by atoms with Crippen LogP contribution in [0.3, 0.4) is 0 Å². The van der Waals surface area contributed by atoms with E-state index >= 15 is 0 Å². The molecule has 0 rings (SSSR count). The Morgan fingerprint density at radius 3 is 1.03 bits per heavy atom. The number of ether oxygens (including phenoxy) is 6. The molecule has 10 nitrogen and oxygen atoms in total. The molecule has 30 heavy (non-hydrogen) atoms. The lowest BCUT2D eigenvalue weighted by molar-refractivity contribution is -0.155. The maximum Gasteiger partial charge on any atom is 0.306 e. The monoisotopic (exact) mass is 430 g/mol. The van der Waals surface area contributed by atoms with Gasteiger partial charge in [0, 0.05) is 0 Å². The Hall–Kier alpha value is -2.72. The molecule has 0 aromatic heterocycles. The van der Waals surface area contributed by atoms with Crippen molar-refractivity contribution in [1.82, 2.24) is 0 Å². The number of rotatable bonds is 19. The van der Waals surface area contributed by atoms with Crippen LogP contribution in [-0.4, -0.2) is 76.7 Å². The molecule has 0 aliphatic rings. The summed E-state index contributed by atoms with van der Waals surface area (Å²) in [6, 6.07) is 0. The molecule has 0 heterocycles. The minimum absolute atomic E-state index is 0.0916. The third kappa shape index (κ3) is 18.6. The van der Waals surface area contributed by atoms with Crippen LogP contribution in [0.2, 0.25) is 0 Å². The molecular weight excluding hydrogens is 400 g/mol. The quantitative estimate of drug-likeness (QED) is 0.127. The first-order valence-electron chi connectivity index (χ1n) is 9.49. The molecule has 0 aromatic carbocycles. The van der Waals surface area contributed by atoms with Gasteiger partial charge in [-0.3, -0.25) is 19.2 Å². The minimum atomic E-state index is -0.617. The van der Waals surface area contributed by atoms with E-state index in [1.165, 1.54) is 0 Å². The summed E-state index contributed by atoms with van der Waals surface area (Å²) in [5.41, 5.74) is 0. The van der Waals surface area contributed by atoms with Crippen molar-refractivity contribution in [3.05, 3.63) is 25.3 Å². The smallest absolute Gasteiger partial charge is 0.306 e. The molecule has 0 aliphatic carbocycles. The van der Waals surface area contributed by atoms with Gasteiger partial charge in [0.1, 0.15) is 26.4 Å². The highest BCUT2D eigenvalue weighted by Crippen LogP contribution is 1.99. The van der Waals surface area contributed by atoms with Gasteiger partial charge in [-0.25, -0.2) is 0 Å². The summed E-state index contributed by atoms with van der Waals surface area (Å²) < 4.78 is 29.5. The van der Waals surface area contributed by atoms with Gasteiger partial charge in [0.25, 0.3) is 0 Å². The van der Waals surface area contributed by atoms with Crippen LogP contribution in [0.25, 0.3) is 0 Å². The zero-order chi connectivity index (χ0) is 22.5. The predicted octanol–water partition coefficient (Wildman–Crippen LogP) is 1.12. The normalized spacial score (nSPS) is 10.0. The van der Waals surface area contributed by atoms with Crippen LogP contribution in [-0.2, 0) is 47.6 Å². The van der Waals surface area contributed by atoms with Crippen LogP contribution in [0.15, 0.2) is 25.3 Å². The molecule has 0 unspecified atom stereocenters. The molecule has 0 atom stereocenters. The Kier molecular flexibility index (Phi) is 17.8. The Morgan fingerprint density at radius 1 is 0.500 bits per heavy atom. The molecule has 0 saturated carbocycles. The summed E-state index contributed by atoms with van der Waals surface area (Å²) in [5.74, 6) is -2.32. The van der Waals surface area contributed by atoms with Crippen LogP contribution < -0.4 is 0 Å². The van der Waals surface area contributed by atoms with Crippen LogP contribution >= 0.6 is 0 Å². The molecule has 0 saturated heterocycles. The van der Waals surface area contributed by atoms with Gasteiger partial charge in [-0.05, 0) is 0 Å². The van der Waals surface area contributed by atoms with Crippen molar-refractivity contribution in [2.75, 3.05) is 52.9 Å². The zero-order valence-corrected chi connectivity index (χ0v) is 17.1. The van der Waals surface area contributed by atoms with Crippen LogP contribution in [0, 0.1) is 0 Å². The fraction of sp³-hybridized carbons (Fsp3) is 0.600. The average molecular weight is 430 g/mol. The molecular formula is C20H30O10. The number of hydrogen-bond acceptors (Lipinski definition) is 10. The average Bonchev–Trinajstić information content (AvgIpc) is 2.73. The molecule has 0 spiro atoms. The predicted molar refractivity (Wildman–Crippen MR) is 104 cm³/mol. The van der Waals surface area contributed by atoms with Gasteiger partial charge in [0.05, 0.1) is 52.1 Å². The first-order chi connectivity index (χ1) is 14.5. The lowest BCUT2D eigenvalue weighted by Crippen LogP contribution is -2.17. The molecule has 0 fully saturated rings. The highest BCUT2D eigenvalue weighted by Gasteiger charge is 2.11. The van der Waals surface area contributed by atoms with Crippen molar-refractivity contribution in [2.24, 2.45) is 0 Å². The summed E-state index contributed by atoms with van der Waals surface area (Å²) >= 11 is 0. The first kappa shape index (κ1) is 27.3. The van der Waals surface area contributed by atoms with Gasteiger partial charge in [-0.15, -0.1) is 13.2 Å². The summed E-state index contributed by atoms with van der Waals surface area (Å²) in [6.45, 7) is 8.06. The van der Waals surface area contributed by atoms with E-state index in [0.29, 0.717) is 13.2 Å². The second-order valence-electron chi connectivity index (χ2n) is 5.61. The van der Waals surface area contributed by atoms with Crippen molar-refractivity contribution in [2.45, 2.75) is 25.7 Å². The largest absolute Gasteiger partial charge is 0.463 e. The Labute approximate surface area is 176 Å². The van der Waals surface area contributed by atoms with E-state index in [2.05, 4.69) is 13.2 Å². The zero-order valence-electron chi connectivity index (χ0n) is 17.1. The third-order valence-corrected chi connectivity index (χ3v) is 3.13. The minimum Gasteiger partial charge on any atom is -0.463 e. The van der Waals surface area contributed by atoms with Gasteiger partial charge in [0.2, 0.25) is 0 Å². The van der Waals surface area contributed by atoms with Gasteiger partial charge < -0.3 is 28.4 Å². The van der Waals surface area contributed by atoms with Crippen LogP contribution in [0.5, 0.6) is 0 Å².